The quantitative estimate of drug-likeness (QED) is 0.549. The van der Waals surface area contributed by atoms with Gasteiger partial charge < -0.3 is 5.11 Å². The van der Waals surface area contributed by atoms with Gasteiger partial charge in [-0.2, -0.15) is 8.42 Å². The summed E-state index contributed by atoms with van der Waals surface area (Å²) in [6.07, 6.45) is 3.18. The van der Waals surface area contributed by atoms with E-state index in [0.717, 1.165) is 6.08 Å². The van der Waals surface area contributed by atoms with Gasteiger partial charge >= 0.3 is 10.1 Å². The maximum atomic E-state index is 11.1. The number of hydrogen-bond donors (Lipinski definition) is 2. The molecule has 0 spiro atoms. The molecule has 0 bridgehead atoms. The second kappa shape index (κ2) is 3.16. The van der Waals surface area contributed by atoms with Gasteiger partial charge in [-0.05, 0) is 18.1 Å². The van der Waals surface area contributed by atoms with Crippen molar-refractivity contribution in [1.29, 1.82) is 0 Å². The van der Waals surface area contributed by atoms with Crippen LogP contribution in [0.1, 0.15) is 11.1 Å². The number of aliphatic hydroxyl groups is 1. The molecular weight excluding hydrogens is 216 g/mol. The lowest BCUT2D eigenvalue weighted by Gasteiger charge is -2.26. The first-order valence-corrected chi connectivity index (χ1v) is 5.84. The molecule has 0 saturated carbocycles. The first-order chi connectivity index (χ1) is 6.95. The molecule has 0 radical (unpaired) electrons. The summed E-state index contributed by atoms with van der Waals surface area (Å²) in [7, 11) is -4.57. The van der Waals surface area contributed by atoms with Gasteiger partial charge in [0, 0.05) is 5.56 Å². The van der Waals surface area contributed by atoms with E-state index >= 15 is 0 Å². The molecule has 0 fully saturated rings. The van der Waals surface area contributed by atoms with Gasteiger partial charge in [-0.1, -0.05) is 30.3 Å². The Kier molecular flexibility index (Phi) is 2.18. The van der Waals surface area contributed by atoms with E-state index in [9.17, 15) is 13.5 Å². The molecule has 1 aromatic rings. The Labute approximate surface area is 87.6 Å². The van der Waals surface area contributed by atoms with Crippen LogP contribution in [0.5, 0.6) is 0 Å². The van der Waals surface area contributed by atoms with Gasteiger partial charge in [-0.25, -0.2) is 0 Å². The third kappa shape index (κ3) is 1.49. The monoisotopic (exact) mass is 226 g/mol. The largest absolute Gasteiger partial charge is 0.366 e. The van der Waals surface area contributed by atoms with Crippen LogP contribution in [0.25, 0.3) is 0 Å². The van der Waals surface area contributed by atoms with Crippen LogP contribution in [0.2, 0.25) is 0 Å². The summed E-state index contributed by atoms with van der Waals surface area (Å²) in [4.78, 5) is -2.30. The van der Waals surface area contributed by atoms with Gasteiger partial charge in [-0.15, -0.1) is 0 Å². The van der Waals surface area contributed by atoms with E-state index in [1.165, 1.54) is 12.1 Å². The number of rotatable bonds is 1. The first kappa shape index (κ1) is 10.4. The normalized spacial score (nSPS) is 24.9. The maximum Gasteiger partial charge on any atom is 0.303 e. The van der Waals surface area contributed by atoms with Crippen molar-refractivity contribution in [3.05, 3.63) is 47.5 Å². The van der Waals surface area contributed by atoms with E-state index in [-0.39, 0.29) is 5.56 Å². The predicted molar refractivity (Wildman–Crippen MR) is 54.7 cm³/mol. The van der Waals surface area contributed by atoms with Crippen molar-refractivity contribution >= 4 is 10.1 Å². The molecule has 0 saturated heterocycles. The van der Waals surface area contributed by atoms with Gasteiger partial charge in [0.2, 0.25) is 4.93 Å². The molecule has 1 atom stereocenters. The third-order valence-electron chi connectivity index (χ3n) is 2.48. The summed E-state index contributed by atoms with van der Waals surface area (Å²) in [5.41, 5.74) is 0.912. The number of fused-ring (bicyclic) bond motifs is 1. The minimum absolute atomic E-state index is 0.218. The van der Waals surface area contributed by atoms with Gasteiger partial charge in [0.1, 0.15) is 0 Å². The Balaban J connectivity index is 2.71. The van der Waals surface area contributed by atoms with Crippen molar-refractivity contribution in [1.82, 2.24) is 0 Å². The molecule has 2 N–H and O–H groups in total. The second-order valence-electron chi connectivity index (χ2n) is 3.44. The lowest BCUT2D eigenvalue weighted by Crippen LogP contribution is -2.35. The van der Waals surface area contributed by atoms with E-state index in [1.54, 1.807) is 18.2 Å². The average molecular weight is 226 g/mol. The predicted octanol–water partition coefficient (Wildman–Crippen LogP) is 0.832. The zero-order valence-corrected chi connectivity index (χ0v) is 8.61. The standard InChI is InChI=1S/C10H10O4S/c11-10(15(12,13)14)7-3-5-8-4-1-2-6-9(8)10/h1-4,6-7,11H,5H2,(H,12,13,14). The molecule has 1 aromatic carbocycles. The first-order valence-electron chi connectivity index (χ1n) is 4.40. The molecular formula is C10H10O4S. The highest BCUT2D eigenvalue weighted by Crippen LogP contribution is 2.34. The molecule has 4 nitrogen and oxygen atoms in total. The fourth-order valence-corrected chi connectivity index (χ4v) is 2.45. The zero-order chi connectivity index (χ0) is 11.1. The van der Waals surface area contributed by atoms with E-state index in [0.29, 0.717) is 12.0 Å². The number of allylic oxidation sites excluding steroid dienone is 1. The van der Waals surface area contributed by atoms with Crippen LogP contribution < -0.4 is 0 Å². The Hall–Kier alpha value is -1.17. The summed E-state index contributed by atoms with van der Waals surface area (Å²) in [5, 5.41) is 9.94. The molecule has 0 amide bonds. The van der Waals surface area contributed by atoms with Gasteiger partial charge in [-0.3, -0.25) is 4.55 Å². The molecule has 1 aliphatic rings. The van der Waals surface area contributed by atoms with E-state index in [1.807, 2.05) is 0 Å². The van der Waals surface area contributed by atoms with Crippen molar-refractivity contribution < 1.29 is 18.1 Å². The van der Waals surface area contributed by atoms with Crippen LogP contribution in [-0.4, -0.2) is 18.1 Å². The minimum Gasteiger partial charge on any atom is -0.366 e. The topological polar surface area (TPSA) is 74.6 Å². The average Bonchev–Trinajstić information content (AvgIpc) is 2.17. The summed E-state index contributed by atoms with van der Waals surface area (Å²) < 4.78 is 31.3. The van der Waals surface area contributed by atoms with E-state index < -0.39 is 15.1 Å². The van der Waals surface area contributed by atoms with Crippen LogP contribution in [-0.2, 0) is 21.5 Å². The summed E-state index contributed by atoms with van der Waals surface area (Å²) in [5.74, 6) is 0. The van der Waals surface area contributed by atoms with E-state index in [4.69, 9.17) is 4.55 Å². The highest BCUT2D eigenvalue weighted by Gasteiger charge is 2.42. The van der Waals surface area contributed by atoms with Crippen LogP contribution in [0.3, 0.4) is 0 Å². The Morgan fingerprint density at radius 3 is 2.60 bits per heavy atom. The van der Waals surface area contributed by atoms with Crippen LogP contribution in [0, 0.1) is 0 Å². The molecule has 80 valence electrons. The smallest absolute Gasteiger partial charge is 0.303 e. The van der Waals surface area contributed by atoms with Gasteiger partial charge in [0.15, 0.2) is 0 Å². The lowest BCUT2D eigenvalue weighted by molar-refractivity contribution is 0.159. The SMILES string of the molecule is O=S(=O)(O)C1(O)C=CCc2ccccc21. The molecule has 5 heteroatoms. The molecule has 1 aliphatic carbocycles. The molecule has 2 rings (SSSR count). The van der Waals surface area contributed by atoms with Crippen molar-refractivity contribution in [3.8, 4) is 0 Å². The minimum atomic E-state index is -4.57. The molecule has 15 heavy (non-hydrogen) atoms. The van der Waals surface area contributed by atoms with Crippen molar-refractivity contribution in [2.24, 2.45) is 0 Å². The lowest BCUT2D eigenvalue weighted by atomic mass is 9.94. The molecule has 0 aliphatic heterocycles. The maximum absolute atomic E-state index is 11.1. The number of benzene rings is 1. The van der Waals surface area contributed by atoms with Gasteiger partial charge in [0.25, 0.3) is 0 Å². The van der Waals surface area contributed by atoms with Crippen LogP contribution in [0.4, 0.5) is 0 Å². The molecule has 1 unspecified atom stereocenters. The van der Waals surface area contributed by atoms with Crippen molar-refractivity contribution in [2.75, 3.05) is 0 Å². The fourth-order valence-electron chi connectivity index (χ4n) is 1.71. The zero-order valence-electron chi connectivity index (χ0n) is 7.79. The van der Waals surface area contributed by atoms with E-state index in [2.05, 4.69) is 0 Å². The van der Waals surface area contributed by atoms with Crippen molar-refractivity contribution in [3.63, 3.8) is 0 Å². The van der Waals surface area contributed by atoms with Gasteiger partial charge in [0.05, 0.1) is 0 Å². The molecule has 0 aromatic heterocycles. The second-order valence-corrected chi connectivity index (χ2v) is 5.01. The van der Waals surface area contributed by atoms with Crippen LogP contribution >= 0.6 is 0 Å². The summed E-state index contributed by atoms with van der Waals surface area (Å²) in [6, 6.07) is 6.58. The summed E-state index contributed by atoms with van der Waals surface area (Å²) in [6.45, 7) is 0. The third-order valence-corrected chi connectivity index (χ3v) is 3.62. The Morgan fingerprint density at radius 1 is 1.27 bits per heavy atom. The molecule has 0 heterocycles. The highest BCUT2D eigenvalue weighted by atomic mass is 32.2. The highest BCUT2D eigenvalue weighted by molar-refractivity contribution is 7.86. The Bertz CT molecular complexity index is 518. The van der Waals surface area contributed by atoms with Crippen molar-refractivity contribution in [2.45, 2.75) is 11.4 Å². The summed E-state index contributed by atoms with van der Waals surface area (Å²) >= 11 is 0. The fraction of sp³-hybridized carbons (Fsp3) is 0.200. The Morgan fingerprint density at radius 2 is 1.93 bits per heavy atom. The number of hydrogen-bond acceptors (Lipinski definition) is 3. The van der Waals surface area contributed by atoms with Crippen LogP contribution in [0.15, 0.2) is 36.4 Å².